The molecular weight excluding hydrogens is 308 g/mol. The lowest BCUT2D eigenvalue weighted by Crippen LogP contribution is -1.93. The summed E-state index contributed by atoms with van der Waals surface area (Å²) in [5.41, 5.74) is 1.65. The summed E-state index contributed by atoms with van der Waals surface area (Å²) < 4.78 is 12.1. The third kappa shape index (κ3) is 2.58. The van der Waals surface area contributed by atoms with E-state index >= 15 is 0 Å². The maximum absolute atomic E-state index is 9.50. The zero-order valence-electron chi connectivity index (χ0n) is 9.97. The molecule has 0 aliphatic heterocycles. The number of aromatic hydroxyl groups is 1. The van der Waals surface area contributed by atoms with Crippen molar-refractivity contribution in [2.24, 2.45) is 0 Å². The van der Waals surface area contributed by atoms with Gasteiger partial charge in [0.25, 0.3) is 0 Å². The molecule has 3 aromatic rings. The summed E-state index contributed by atoms with van der Waals surface area (Å²) in [5, 5.41) is 10.4. The van der Waals surface area contributed by atoms with Crippen molar-refractivity contribution >= 4 is 26.9 Å². The Balaban J connectivity index is 1.81. The highest BCUT2D eigenvalue weighted by atomic mass is 79.9. The van der Waals surface area contributed by atoms with E-state index in [-0.39, 0.29) is 5.75 Å². The fraction of sp³-hybridized carbons (Fsp3) is 0.0667. The Morgan fingerprint density at radius 1 is 1.11 bits per heavy atom. The highest BCUT2D eigenvalue weighted by Gasteiger charge is 2.07. The third-order valence-electron chi connectivity index (χ3n) is 2.85. The second kappa shape index (κ2) is 4.97. The number of benzene rings is 2. The van der Waals surface area contributed by atoms with Crippen molar-refractivity contribution in [2.45, 2.75) is 6.61 Å². The van der Waals surface area contributed by atoms with Gasteiger partial charge in [-0.2, -0.15) is 0 Å². The van der Waals surface area contributed by atoms with E-state index < -0.39 is 0 Å². The van der Waals surface area contributed by atoms with Crippen LogP contribution < -0.4 is 4.74 Å². The van der Waals surface area contributed by atoms with E-state index in [1.165, 1.54) is 0 Å². The quantitative estimate of drug-likeness (QED) is 0.774. The lowest BCUT2D eigenvalue weighted by molar-refractivity contribution is 0.306. The van der Waals surface area contributed by atoms with Crippen molar-refractivity contribution in [3.8, 4) is 11.5 Å². The van der Waals surface area contributed by atoms with Gasteiger partial charge >= 0.3 is 0 Å². The highest BCUT2D eigenvalue weighted by Crippen LogP contribution is 2.26. The van der Waals surface area contributed by atoms with E-state index in [9.17, 15) is 5.11 Å². The van der Waals surface area contributed by atoms with Gasteiger partial charge in [0.1, 0.15) is 23.7 Å². The van der Waals surface area contributed by atoms with Crippen LogP contribution in [0.2, 0.25) is 0 Å². The zero-order valence-corrected chi connectivity index (χ0v) is 11.6. The number of phenols is 1. The number of rotatable bonds is 3. The molecule has 0 aliphatic carbocycles. The van der Waals surface area contributed by atoms with Crippen LogP contribution >= 0.6 is 15.9 Å². The molecule has 2 aromatic carbocycles. The molecule has 0 aliphatic rings. The number of furan rings is 1. The van der Waals surface area contributed by atoms with Crippen LogP contribution in [0.4, 0.5) is 0 Å². The van der Waals surface area contributed by atoms with E-state index in [2.05, 4.69) is 15.9 Å². The lowest BCUT2D eigenvalue weighted by atomic mass is 10.2. The number of hydrogen-bond acceptors (Lipinski definition) is 3. The molecule has 0 bridgehead atoms. The summed E-state index contributed by atoms with van der Waals surface area (Å²) in [6, 6.07) is 12.7. The Hall–Kier alpha value is -1.94. The number of fused-ring (bicyclic) bond motifs is 1. The Morgan fingerprint density at radius 2 is 1.89 bits per heavy atom. The lowest BCUT2D eigenvalue weighted by Gasteiger charge is -2.04. The first kappa shape index (κ1) is 12.1. The summed E-state index contributed by atoms with van der Waals surface area (Å²) in [4.78, 5) is 0. The first-order valence-electron chi connectivity index (χ1n) is 5.80. The molecule has 0 atom stereocenters. The topological polar surface area (TPSA) is 42.6 Å². The van der Waals surface area contributed by atoms with E-state index in [1.54, 1.807) is 24.5 Å². The maximum atomic E-state index is 9.50. The van der Waals surface area contributed by atoms with Crippen molar-refractivity contribution in [3.05, 3.63) is 58.8 Å². The van der Waals surface area contributed by atoms with Gasteiger partial charge in [-0.1, -0.05) is 15.9 Å². The van der Waals surface area contributed by atoms with E-state index in [0.29, 0.717) is 6.61 Å². The average molecular weight is 319 g/mol. The Kier molecular flexibility index (Phi) is 3.17. The van der Waals surface area contributed by atoms with Crippen LogP contribution in [0.3, 0.4) is 0 Å². The van der Waals surface area contributed by atoms with Gasteiger partial charge in [-0.25, -0.2) is 0 Å². The van der Waals surface area contributed by atoms with Gasteiger partial charge in [-0.3, -0.25) is 0 Å². The maximum Gasteiger partial charge on any atom is 0.134 e. The normalized spacial score (nSPS) is 10.8. The van der Waals surface area contributed by atoms with Gasteiger partial charge in [-0.15, -0.1) is 0 Å². The van der Waals surface area contributed by atoms with Crippen molar-refractivity contribution in [2.75, 3.05) is 0 Å². The predicted molar refractivity (Wildman–Crippen MR) is 76.4 cm³/mol. The molecule has 1 aromatic heterocycles. The number of halogens is 1. The Morgan fingerprint density at radius 3 is 2.68 bits per heavy atom. The minimum atomic E-state index is 0.221. The molecule has 96 valence electrons. The Labute approximate surface area is 118 Å². The van der Waals surface area contributed by atoms with E-state index in [1.807, 2.05) is 24.3 Å². The second-order valence-corrected chi connectivity index (χ2v) is 5.10. The van der Waals surface area contributed by atoms with Gasteiger partial charge in [0.05, 0.1) is 6.26 Å². The number of ether oxygens (including phenoxy) is 1. The van der Waals surface area contributed by atoms with Crippen LogP contribution in [-0.4, -0.2) is 5.11 Å². The van der Waals surface area contributed by atoms with Crippen LogP contribution in [0, 0.1) is 0 Å². The molecule has 4 heteroatoms. The van der Waals surface area contributed by atoms with Gasteiger partial charge in [0.2, 0.25) is 0 Å². The molecule has 0 saturated carbocycles. The van der Waals surface area contributed by atoms with Gasteiger partial charge in [0, 0.05) is 15.4 Å². The van der Waals surface area contributed by atoms with Gasteiger partial charge in [0.15, 0.2) is 0 Å². The van der Waals surface area contributed by atoms with Crippen LogP contribution in [0.15, 0.2) is 57.6 Å². The molecule has 3 nitrogen and oxygen atoms in total. The first-order chi connectivity index (χ1) is 9.22. The Bertz CT molecular complexity index is 701. The summed E-state index contributed by atoms with van der Waals surface area (Å²) in [7, 11) is 0. The van der Waals surface area contributed by atoms with Gasteiger partial charge in [-0.05, 0) is 42.5 Å². The molecule has 0 fully saturated rings. The number of phenolic OH excluding ortho intramolecular Hbond substituents is 1. The van der Waals surface area contributed by atoms with Gasteiger partial charge < -0.3 is 14.3 Å². The van der Waals surface area contributed by atoms with Crippen molar-refractivity contribution in [3.63, 3.8) is 0 Å². The van der Waals surface area contributed by atoms with Crippen LogP contribution in [0.25, 0.3) is 11.0 Å². The molecule has 1 N–H and O–H groups in total. The molecular formula is C15H11BrO3. The molecule has 0 amide bonds. The first-order valence-corrected chi connectivity index (χ1v) is 6.59. The fourth-order valence-electron chi connectivity index (χ4n) is 1.87. The molecule has 0 radical (unpaired) electrons. The largest absolute Gasteiger partial charge is 0.508 e. The monoisotopic (exact) mass is 318 g/mol. The highest BCUT2D eigenvalue weighted by molar-refractivity contribution is 9.10. The average Bonchev–Trinajstić information content (AvgIpc) is 2.80. The molecule has 3 rings (SSSR count). The van der Waals surface area contributed by atoms with E-state index in [4.69, 9.17) is 9.15 Å². The third-order valence-corrected chi connectivity index (χ3v) is 3.37. The van der Waals surface area contributed by atoms with E-state index in [0.717, 1.165) is 26.8 Å². The van der Waals surface area contributed by atoms with Crippen LogP contribution in [0.5, 0.6) is 11.5 Å². The number of hydrogen-bond donors (Lipinski definition) is 1. The molecule has 19 heavy (non-hydrogen) atoms. The molecule has 0 saturated heterocycles. The van der Waals surface area contributed by atoms with Crippen molar-refractivity contribution in [1.82, 2.24) is 0 Å². The predicted octanol–water partition coefficient (Wildman–Crippen LogP) is 4.48. The summed E-state index contributed by atoms with van der Waals surface area (Å²) in [5.74, 6) is 1.01. The minimum absolute atomic E-state index is 0.221. The smallest absolute Gasteiger partial charge is 0.134 e. The summed E-state index contributed by atoms with van der Waals surface area (Å²) in [6.45, 7) is 0.401. The second-order valence-electron chi connectivity index (χ2n) is 4.18. The molecule has 1 heterocycles. The molecule has 0 spiro atoms. The van der Waals surface area contributed by atoms with Crippen molar-refractivity contribution < 1.29 is 14.3 Å². The summed E-state index contributed by atoms with van der Waals surface area (Å²) >= 11 is 3.38. The van der Waals surface area contributed by atoms with Crippen LogP contribution in [-0.2, 0) is 6.61 Å². The summed E-state index contributed by atoms with van der Waals surface area (Å²) in [6.07, 6.45) is 1.66. The van der Waals surface area contributed by atoms with Crippen molar-refractivity contribution in [1.29, 1.82) is 0 Å². The zero-order chi connectivity index (χ0) is 13.2. The fourth-order valence-corrected chi connectivity index (χ4v) is 2.14. The minimum Gasteiger partial charge on any atom is -0.508 e. The SMILES string of the molecule is Oc1ccc2occ(COc3ccc(Br)cc3)c2c1. The van der Waals surface area contributed by atoms with Crippen LogP contribution in [0.1, 0.15) is 5.56 Å². The molecule has 0 unspecified atom stereocenters. The standard InChI is InChI=1S/C15H11BrO3/c16-11-1-4-13(5-2-11)18-8-10-9-19-15-6-3-12(17)7-14(10)15/h1-7,9,17H,8H2.